The van der Waals surface area contributed by atoms with Crippen LogP contribution in [0.3, 0.4) is 0 Å². The molecule has 1 aromatic carbocycles. The summed E-state index contributed by atoms with van der Waals surface area (Å²) in [7, 11) is -1.62. The number of benzene rings is 1. The van der Waals surface area contributed by atoms with Crippen LogP contribution in [-0.2, 0) is 26.2 Å². The Labute approximate surface area is 180 Å². The van der Waals surface area contributed by atoms with Gasteiger partial charge in [-0.15, -0.1) is 11.3 Å². The summed E-state index contributed by atoms with van der Waals surface area (Å²) < 4.78 is 40.9. The van der Waals surface area contributed by atoms with Gasteiger partial charge in [0, 0.05) is 24.0 Å². The molecular formula is C20H26N2O6S2. The van der Waals surface area contributed by atoms with Gasteiger partial charge >= 0.3 is 5.97 Å². The fourth-order valence-corrected chi connectivity index (χ4v) is 4.94. The van der Waals surface area contributed by atoms with Crippen molar-refractivity contribution in [2.24, 2.45) is 5.92 Å². The molecule has 0 amide bonds. The molecule has 0 aliphatic carbocycles. The van der Waals surface area contributed by atoms with E-state index in [1.54, 1.807) is 7.11 Å². The third-order valence-corrected chi connectivity index (χ3v) is 7.12. The Bertz CT molecular complexity index is 981. The zero-order chi connectivity index (χ0) is 21.7. The molecule has 0 spiro atoms. The maximum atomic E-state index is 12.3. The highest BCUT2D eigenvalue weighted by molar-refractivity contribution is 7.88. The molecule has 0 radical (unpaired) electrons. The van der Waals surface area contributed by atoms with E-state index in [-0.39, 0.29) is 18.5 Å². The number of aromatic nitrogens is 1. The van der Waals surface area contributed by atoms with Crippen LogP contribution < -0.4 is 9.47 Å². The van der Waals surface area contributed by atoms with E-state index in [4.69, 9.17) is 14.2 Å². The molecule has 30 heavy (non-hydrogen) atoms. The summed E-state index contributed by atoms with van der Waals surface area (Å²) in [6, 6.07) is 5.63. The maximum Gasteiger partial charge on any atom is 0.309 e. The highest BCUT2D eigenvalue weighted by Gasteiger charge is 2.30. The predicted molar refractivity (Wildman–Crippen MR) is 114 cm³/mol. The van der Waals surface area contributed by atoms with Gasteiger partial charge in [0.2, 0.25) is 10.0 Å². The van der Waals surface area contributed by atoms with E-state index in [1.165, 1.54) is 21.9 Å². The van der Waals surface area contributed by atoms with E-state index in [1.807, 2.05) is 30.5 Å². The molecule has 10 heteroatoms. The topological polar surface area (TPSA) is 95.0 Å². The van der Waals surface area contributed by atoms with Gasteiger partial charge in [-0.1, -0.05) is 0 Å². The van der Waals surface area contributed by atoms with Crippen LogP contribution in [0.1, 0.15) is 25.5 Å². The quantitative estimate of drug-likeness (QED) is 0.566. The van der Waals surface area contributed by atoms with Gasteiger partial charge in [-0.2, -0.15) is 0 Å². The minimum absolute atomic E-state index is 0.0930. The summed E-state index contributed by atoms with van der Waals surface area (Å²) >= 11 is 1.46. The van der Waals surface area contributed by atoms with Crippen molar-refractivity contribution in [2.75, 3.05) is 33.1 Å². The summed E-state index contributed by atoms with van der Waals surface area (Å²) in [5.74, 6) is 0.728. The second kappa shape index (κ2) is 9.76. The fraction of sp³-hybridized carbons (Fsp3) is 0.500. The zero-order valence-corrected chi connectivity index (χ0v) is 18.9. The molecule has 2 heterocycles. The molecule has 0 saturated carbocycles. The van der Waals surface area contributed by atoms with Gasteiger partial charge in [0.25, 0.3) is 0 Å². The van der Waals surface area contributed by atoms with Crippen LogP contribution >= 0.6 is 11.3 Å². The number of piperidine rings is 1. The van der Waals surface area contributed by atoms with Gasteiger partial charge < -0.3 is 14.2 Å². The summed E-state index contributed by atoms with van der Waals surface area (Å²) in [5.41, 5.74) is 1.57. The monoisotopic (exact) mass is 454 g/mol. The number of sulfonamides is 1. The number of carbonyl (C=O) groups is 1. The molecule has 1 saturated heterocycles. The van der Waals surface area contributed by atoms with Gasteiger partial charge in [-0.05, 0) is 38.0 Å². The molecule has 3 rings (SSSR count). The molecule has 0 unspecified atom stereocenters. The van der Waals surface area contributed by atoms with Gasteiger partial charge in [-0.25, -0.2) is 17.7 Å². The Hall–Kier alpha value is -2.17. The first-order valence-corrected chi connectivity index (χ1v) is 12.4. The number of rotatable bonds is 8. The van der Waals surface area contributed by atoms with Crippen molar-refractivity contribution in [1.29, 1.82) is 0 Å². The van der Waals surface area contributed by atoms with Crippen LogP contribution in [0.25, 0.3) is 10.6 Å². The molecule has 0 N–H and O–H groups in total. The van der Waals surface area contributed by atoms with Crippen molar-refractivity contribution in [2.45, 2.75) is 26.4 Å². The normalized spacial score (nSPS) is 15.7. The maximum absolute atomic E-state index is 12.3. The average molecular weight is 455 g/mol. The summed E-state index contributed by atoms with van der Waals surface area (Å²) in [5, 5.41) is 2.65. The first-order chi connectivity index (χ1) is 14.3. The van der Waals surface area contributed by atoms with Crippen LogP contribution in [0, 0.1) is 5.92 Å². The Morgan fingerprint density at radius 3 is 2.63 bits per heavy atom. The smallest absolute Gasteiger partial charge is 0.309 e. The lowest BCUT2D eigenvalue weighted by Crippen LogP contribution is -2.40. The third kappa shape index (κ3) is 5.50. The molecule has 1 aliphatic rings. The van der Waals surface area contributed by atoms with Crippen molar-refractivity contribution in [3.63, 3.8) is 0 Å². The van der Waals surface area contributed by atoms with Crippen LogP contribution in [0.15, 0.2) is 23.6 Å². The van der Waals surface area contributed by atoms with Gasteiger partial charge in [0.1, 0.15) is 11.6 Å². The second-order valence-electron chi connectivity index (χ2n) is 6.99. The summed E-state index contributed by atoms with van der Waals surface area (Å²) in [6.45, 7) is 3.25. The lowest BCUT2D eigenvalue weighted by atomic mass is 9.98. The standard InChI is InChI=1S/C20H26N2O6S2/c1-4-27-17-6-5-15(11-18(17)26-2)19-21-16(13-29-19)12-28-20(23)14-7-9-22(10-8-14)30(3,24)25/h5-6,11,13-14H,4,7-10,12H2,1-3H3. The van der Waals surface area contributed by atoms with Crippen LogP contribution in [0.5, 0.6) is 11.5 Å². The molecule has 0 bridgehead atoms. The van der Waals surface area contributed by atoms with Crippen molar-refractivity contribution in [3.8, 4) is 22.1 Å². The Balaban J connectivity index is 1.57. The Morgan fingerprint density at radius 1 is 1.27 bits per heavy atom. The average Bonchev–Trinajstić information content (AvgIpc) is 3.21. The molecule has 1 fully saturated rings. The van der Waals surface area contributed by atoms with Crippen molar-refractivity contribution >= 4 is 27.3 Å². The first kappa shape index (κ1) is 22.5. The van der Waals surface area contributed by atoms with Crippen molar-refractivity contribution in [3.05, 3.63) is 29.3 Å². The molecule has 2 aromatic rings. The minimum atomic E-state index is -3.21. The number of hydrogen-bond acceptors (Lipinski definition) is 8. The molecule has 1 aromatic heterocycles. The number of thiazole rings is 1. The minimum Gasteiger partial charge on any atom is -0.493 e. The zero-order valence-electron chi connectivity index (χ0n) is 17.3. The summed E-state index contributed by atoms with van der Waals surface area (Å²) in [6.07, 6.45) is 2.13. The van der Waals surface area contributed by atoms with E-state index >= 15 is 0 Å². The van der Waals surface area contributed by atoms with Crippen molar-refractivity contribution < 1.29 is 27.4 Å². The van der Waals surface area contributed by atoms with Gasteiger partial charge in [0.05, 0.1) is 31.6 Å². The van der Waals surface area contributed by atoms with E-state index in [0.717, 1.165) is 10.6 Å². The van der Waals surface area contributed by atoms with E-state index in [2.05, 4.69) is 4.98 Å². The van der Waals surface area contributed by atoms with E-state index in [9.17, 15) is 13.2 Å². The number of nitrogens with zero attached hydrogens (tertiary/aromatic N) is 2. The van der Waals surface area contributed by atoms with Gasteiger partial charge in [0.15, 0.2) is 11.5 Å². The Morgan fingerprint density at radius 2 is 2.00 bits per heavy atom. The SMILES string of the molecule is CCOc1ccc(-c2nc(COC(=O)C3CCN(S(C)(=O)=O)CC3)cs2)cc1OC. The molecular weight excluding hydrogens is 428 g/mol. The lowest BCUT2D eigenvalue weighted by molar-refractivity contribution is -0.151. The van der Waals surface area contributed by atoms with E-state index in [0.29, 0.717) is 49.7 Å². The molecule has 164 valence electrons. The number of hydrogen-bond donors (Lipinski definition) is 0. The highest BCUT2D eigenvalue weighted by Crippen LogP contribution is 2.34. The fourth-order valence-electron chi connectivity index (χ4n) is 3.27. The van der Waals surface area contributed by atoms with E-state index < -0.39 is 10.0 Å². The number of ether oxygens (including phenoxy) is 3. The molecule has 0 atom stereocenters. The first-order valence-electron chi connectivity index (χ1n) is 9.69. The van der Waals surface area contributed by atoms with Crippen molar-refractivity contribution in [1.82, 2.24) is 9.29 Å². The van der Waals surface area contributed by atoms with Gasteiger partial charge in [-0.3, -0.25) is 4.79 Å². The van der Waals surface area contributed by atoms with Crippen LogP contribution in [0.2, 0.25) is 0 Å². The lowest BCUT2D eigenvalue weighted by Gasteiger charge is -2.28. The summed E-state index contributed by atoms with van der Waals surface area (Å²) in [4.78, 5) is 16.9. The molecule has 8 nitrogen and oxygen atoms in total. The van der Waals surface area contributed by atoms with Crippen LogP contribution in [0.4, 0.5) is 0 Å². The number of methoxy groups -OCH3 is 1. The highest BCUT2D eigenvalue weighted by atomic mass is 32.2. The number of esters is 1. The Kier molecular flexibility index (Phi) is 7.32. The number of carbonyl (C=O) groups excluding carboxylic acids is 1. The third-order valence-electron chi connectivity index (χ3n) is 4.88. The van der Waals surface area contributed by atoms with Crippen LogP contribution in [-0.4, -0.2) is 56.7 Å². The largest absolute Gasteiger partial charge is 0.493 e. The predicted octanol–water partition coefficient (Wildman–Crippen LogP) is 2.93. The molecule has 1 aliphatic heterocycles. The second-order valence-corrected chi connectivity index (χ2v) is 9.83.